The molecule has 0 bridgehead atoms. The Hall–Kier alpha value is -2.15. The standard InChI is InChI=1S/C10H13N5O2/c1-6-4-8(16)15(14-6)10-12-5-7(2-3-11)9(17)13-10/h4-5,14H,2-3,11H2,1H3,(H,12,13,17). The molecule has 0 saturated carbocycles. The Balaban J connectivity index is 2.48. The van der Waals surface area contributed by atoms with Gasteiger partial charge >= 0.3 is 0 Å². The van der Waals surface area contributed by atoms with Gasteiger partial charge in [0.1, 0.15) is 0 Å². The van der Waals surface area contributed by atoms with Crippen LogP contribution >= 0.6 is 0 Å². The molecule has 2 aromatic rings. The molecule has 0 fully saturated rings. The number of rotatable bonds is 3. The van der Waals surface area contributed by atoms with Gasteiger partial charge in [0.2, 0.25) is 5.95 Å². The number of aryl methyl sites for hydroxylation is 1. The van der Waals surface area contributed by atoms with Crippen LogP contribution in [0, 0.1) is 6.92 Å². The Kier molecular flexibility index (Phi) is 2.92. The van der Waals surface area contributed by atoms with Gasteiger partial charge in [-0.3, -0.25) is 19.7 Å². The zero-order valence-electron chi connectivity index (χ0n) is 9.36. The molecule has 0 amide bonds. The Morgan fingerprint density at radius 1 is 1.47 bits per heavy atom. The molecule has 0 spiro atoms. The van der Waals surface area contributed by atoms with Gasteiger partial charge in [0.25, 0.3) is 11.1 Å². The third kappa shape index (κ3) is 2.18. The summed E-state index contributed by atoms with van der Waals surface area (Å²) in [4.78, 5) is 29.7. The van der Waals surface area contributed by atoms with E-state index in [9.17, 15) is 9.59 Å². The molecule has 7 heteroatoms. The van der Waals surface area contributed by atoms with Crippen molar-refractivity contribution in [2.24, 2.45) is 5.73 Å². The molecule has 17 heavy (non-hydrogen) atoms. The average molecular weight is 235 g/mol. The van der Waals surface area contributed by atoms with Crippen LogP contribution < -0.4 is 16.9 Å². The predicted molar refractivity (Wildman–Crippen MR) is 62.3 cm³/mol. The Morgan fingerprint density at radius 3 is 2.76 bits per heavy atom. The van der Waals surface area contributed by atoms with E-state index in [1.54, 1.807) is 6.92 Å². The summed E-state index contributed by atoms with van der Waals surface area (Å²) in [6, 6.07) is 1.42. The molecule has 0 aliphatic heterocycles. The molecular weight excluding hydrogens is 222 g/mol. The van der Waals surface area contributed by atoms with Crippen LogP contribution in [0.3, 0.4) is 0 Å². The zero-order chi connectivity index (χ0) is 12.4. The first-order valence-corrected chi connectivity index (χ1v) is 5.19. The molecule has 7 nitrogen and oxygen atoms in total. The Labute approximate surface area is 96.3 Å². The molecule has 0 aliphatic carbocycles. The highest BCUT2D eigenvalue weighted by atomic mass is 16.1. The molecule has 4 N–H and O–H groups in total. The van der Waals surface area contributed by atoms with E-state index in [4.69, 9.17) is 5.73 Å². The molecule has 0 unspecified atom stereocenters. The molecule has 0 aromatic carbocycles. The maximum absolute atomic E-state index is 11.6. The van der Waals surface area contributed by atoms with Gasteiger partial charge in [-0.2, -0.15) is 4.68 Å². The molecule has 2 aromatic heterocycles. The second kappa shape index (κ2) is 4.38. The fourth-order valence-electron chi connectivity index (χ4n) is 1.53. The van der Waals surface area contributed by atoms with Crippen molar-refractivity contribution in [2.75, 3.05) is 6.54 Å². The van der Waals surface area contributed by atoms with Crippen LogP contribution in [0.25, 0.3) is 5.95 Å². The van der Waals surface area contributed by atoms with Crippen LogP contribution in [0.1, 0.15) is 11.3 Å². The number of aromatic nitrogens is 4. The van der Waals surface area contributed by atoms with Crippen LogP contribution in [0.5, 0.6) is 0 Å². The SMILES string of the molecule is Cc1cc(=O)n(-c2ncc(CCN)c(=O)[nH]2)[nH]1. The lowest BCUT2D eigenvalue weighted by Gasteiger charge is -2.02. The number of nitrogens with two attached hydrogens (primary N) is 1. The summed E-state index contributed by atoms with van der Waals surface area (Å²) in [6.07, 6.45) is 1.89. The second-order valence-corrected chi connectivity index (χ2v) is 3.71. The van der Waals surface area contributed by atoms with E-state index in [0.717, 1.165) is 0 Å². The fraction of sp³-hybridized carbons (Fsp3) is 0.300. The molecule has 0 saturated heterocycles. The van der Waals surface area contributed by atoms with E-state index in [0.29, 0.717) is 24.2 Å². The van der Waals surface area contributed by atoms with Gasteiger partial charge in [0.15, 0.2) is 0 Å². The third-order valence-electron chi connectivity index (χ3n) is 2.33. The van der Waals surface area contributed by atoms with Crippen LogP contribution in [0.2, 0.25) is 0 Å². The molecule has 0 radical (unpaired) electrons. The number of nitrogens with one attached hydrogen (secondary N) is 2. The maximum atomic E-state index is 11.6. The molecule has 0 atom stereocenters. The monoisotopic (exact) mass is 235 g/mol. The van der Waals surface area contributed by atoms with E-state index >= 15 is 0 Å². The minimum absolute atomic E-state index is 0.175. The highest BCUT2D eigenvalue weighted by Gasteiger charge is 2.06. The largest absolute Gasteiger partial charge is 0.330 e. The van der Waals surface area contributed by atoms with Crippen LogP contribution in [0.4, 0.5) is 0 Å². The van der Waals surface area contributed by atoms with Gasteiger partial charge in [-0.25, -0.2) is 4.98 Å². The fourth-order valence-corrected chi connectivity index (χ4v) is 1.53. The lowest BCUT2D eigenvalue weighted by molar-refractivity contribution is 0.760. The minimum atomic E-state index is -0.278. The quantitative estimate of drug-likeness (QED) is 0.637. The van der Waals surface area contributed by atoms with Crippen molar-refractivity contribution in [1.82, 2.24) is 19.7 Å². The molecular formula is C10H13N5O2. The lowest BCUT2D eigenvalue weighted by atomic mass is 10.2. The number of aromatic amines is 2. The topological polar surface area (TPSA) is 110 Å². The predicted octanol–water partition coefficient (Wildman–Crippen LogP) is -0.941. The van der Waals surface area contributed by atoms with Gasteiger partial charge in [-0.15, -0.1) is 0 Å². The first-order chi connectivity index (χ1) is 8.11. The Morgan fingerprint density at radius 2 is 2.24 bits per heavy atom. The van der Waals surface area contributed by atoms with Crippen LogP contribution in [-0.4, -0.2) is 26.3 Å². The first kappa shape index (κ1) is 11.3. The number of hydrogen-bond acceptors (Lipinski definition) is 4. The van der Waals surface area contributed by atoms with Gasteiger partial charge in [-0.05, 0) is 19.9 Å². The summed E-state index contributed by atoms with van der Waals surface area (Å²) in [5, 5.41) is 2.79. The molecule has 2 rings (SSSR count). The summed E-state index contributed by atoms with van der Waals surface area (Å²) in [5.74, 6) is 0.175. The Bertz CT molecular complexity index is 637. The van der Waals surface area contributed by atoms with E-state index in [1.807, 2.05) is 0 Å². The van der Waals surface area contributed by atoms with Crippen molar-refractivity contribution in [3.63, 3.8) is 0 Å². The average Bonchev–Trinajstić information content (AvgIpc) is 2.61. The molecule has 2 heterocycles. The van der Waals surface area contributed by atoms with Gasteiger partial charge in [0.05, 0.1) is 0 Å². The van der Waals surface area contributed by atoms with Crippen molar-refractivity contribution in [2.45, 2.75) is 13.3 Å². The van der Waals surface area contributed by atoms with Crippen molar-refractivity contribution in [3.8, 4) is 5.95 Å². The zero-order valence-corrected chi connectivity index (χ0v) is 9.36. The number of H-pyrrole nitrogens is 2. The van der Waals surface area contributed by atoms with E-state index in [2.05, 4.69) is 15.1 Å². The summed E-state index contributed by atoms with van der Waals surface area (Å²) in [5.41, 5.74) is 6.02. The summed E-state index contributed by atoms with van der Waals surface area (Å²) < 4.78 is 1.18. The van der Waals surface area contributed by atoms with Gasteiger partial charge < -0.3 is 5.73 Å². The van der Waals surface area contributed by atoms with Gasteiger partial charge in [-0.1, -0.05) is 0 Å². The molecule has 0 aliphatic rings. The van der Waals surface area contributed by atoms with Crippen molar-refractivity contribution in [3.05, 3.63) is 44.2 Å². The summed E-state index contributed by atoms with van der Waals surface area (Å²) in [7, 11) is 0. The third-order valence-corrected chi connectivity index (χ3v) is 2.33. The summed E-state index contributed by atoms with van der Waals surface area (Å²) >= 11 is 0. The number of hydrogen-bond donors (Lipinski definition) is 3. The second-order valence-electron chi connectivity index (χ2n) is 3.71. The molecule has 90 valence electrons. The lowest BCUT2D eigenvalue weighted by Crippen LogP contribution is -2.23. The van der Waals surface area contributed by atoms with Crippen LogP contribution in [-0.2, 0) is 6.42 Å². The van der Waals surface area contributed by atoms with E-state index < -0.39 is 0 Å². The van der Waals surface area contributed by atoms with Crippen molar-refractivity contribution >= 4 is 0 Å². The maximum Gasteiger partial charge on any atom is 0.274 e. The highest BCUT2D eigenvalue weighted by Crippen LogP contribution is 1.95. The normalized spacial score (nSPS) is 10.7. The minimum Gasteiger partial charge on any atom is -0.330 e. The van der Waals surface area contributed by atoms with Gasteiger partial charge in [0, 0.05) is 23.5 Å². The van der Waals surface area contributed by atoms with E-state index in [-0.39, 0.29) is 17.1 Å². The summed E-state index contributed by atoms with van der Waals surface area (Å²) in [6.45, 7) is 2.13. The number of nitrogens with zero attached hydrogens (tertiary/aromatic N) is 2. The highest BCUT2D eigenvalue weighted by molar-refractivity contribution is 5.15. The van der Waals surface area contributed by atoms with Crippen molar-refractivity contribution in [1.29, 1.82) is 0 Å². The first-order valence-electron chi connectivity index (χ1n) is 5.19. The van der Waals surface area contributed by atoms with E-state index in [1.165, 1.54) is 16.9 Å². The smallest absolute Gasteiger partial charge is 0.274 e. The van der Waals surface area contributed by atoms with Crippen LogP contribution in [0.15, 0.2) is 21.9 Å². The van der Waals surface area contributed by atoms with Crippen molar-refractivity contribution < 1.29 is 0 Å².